The SMILES string of the molecule is c1ccc(CNC2CCN(Cc3cccnc3)CC2)cc1. The molecule has 21 heavy (non-hydrogen) atoms. The normalized spacial score (nSPS) is 17.0. The molecule has 0 radical (unpaired) electrons. The van der Waals surface area contributed by atoms with E-state index in [4.69, 9.17) is 0 Å². The fourth-order valence-corrected chi connectivity index (χ4v) is 2.90. The molecule has 1 aliphatic heterocycles. The second-order valence-electron chi connectivity index (χ2n) is 5.78. The molecule has 3 nitrogen and oxygen atoms in total. The first kappa shape index (κ1) is 14.2. The third kappa shape index (κ3) is 4.38. The van der Waals surface area contributed by atoms with Gasteiger partial charge in [0.25, 0.3) is 0 Å². The van der Waals surface area contributed by atoms with Crippen LogP contribution in [-0.4, -0.2) is 29.0 Å². The molecule has 0 unspecified atom stereocenters. The van der Waals surface area contributed by atoms with E-state index in [0.29, 0.717) is 6.04 Å². The van der Waals surface area contributed by atoms with Gasteiger partial charge in [0.2, 0.25) is 0 Å². The molecular formula is C18H23N3. The second kappa shape index (κ2) is 7.34. The van der Waals surface area contributed by atoms with Gasteiger partial charge in [-0.15, -0.1) is 0 Å². The van der Waals surface area contributed by atoms with Crippen LogP contribution >= 0.6 is 0 Å². The second-order valence-corrected chi connectivity index (χ2v) is 5.78. The number of rotatable bonds is 5. The molecule has 2 aromatic rings. The standard InChI is InChI=1S/C18H23N3/c1-2-5-16(6-3-1)14-20-18-8-11-21(12-9-18)15-17-7-4-10-19-13-17/h1-7,10,13,18,20H,8-9,11-12,14-15H2. The maximum atomic E-state index is 4.19. The summed E-state index contributed by atoms with van der Waals surface area (Å²) in [6, 6.07) is 15.5. The molecule has 1 aliphatic rings. The number of piperidine rings is 1. The number of pyridine rings is 1. The third-order valence-corrected chi connectivity index (χ3v) is 4.15. The molecule has 0 amide bonds. The highest BCUT2D eigenvalue weighted by molar-refractivity contribution is 5.14. The van der Waals surface area contributed by atoms with Crippen molar-refractivity contribution in [3.8, 4) is 0 Å². The van der Waals surface area contributed by atoms with E-state index >= 15 is 0 Å². The Hall–Kier alpha value is -1.71. The molecule has 110 valence electrons. The van der Waals surface area contributed by atoms with Gasteiger partial charge in [-0.05, 0) is 43.1 Å². The molecule has 3 rings (SSSR count). The molecule has 0 saturated carbocycles. The Bertz CT molecular complexity index is 519. The minimum Gasteiger partial charge on any atom is -0.310 e. The largest absolute Gasteiger partial charge is 0.310 e. The zero-order chi connectivity index (χ0) is 14.3. The fourth-order valence-electron chi connectivity index (χ4n) is 2.90. The van der Waals surface area contributed by atoms with Crippen molar-refractivity contribution >= 4 is 0 Å². The molecular weight excluding hydrogens is 258 g/mol. The van der Waals surface area contributed by atoms with Crippen LogP contribution in [0.3, 0.4) is 0 Å². The first-order valence-corrected chi connectivity index (χ1v) is 7.79. The first-order valence-electron chi connectivity index (χ1n) is 7.79. The highest BCUT2D eigenvalue weighted by Gasteiger charge is 2.18. The van der Waals surface area contributed by atoms with Crippen LogP contribution in [0.2, 0.25) is 0 Å². The monoisotopic (exact) mass is 281 g/mol. The van der Waals surface area contributed by atoms with Crippen LogP contribution in [-0.2, 0) is 13.1 Å². The number of benzene rings is 1. The van der Waals surface area contributed by atoms with E-state index in [1.54, 1.807) is 0 Å². The average molecular weight is 281 g/mol. The Morgan fingerprint density at radius 2 is 1.76 bits per heavy atom. The Morgan fingerprint density at radius 3 is 2.48 bits per heavy atom. The predicted molar refractivity (Wildman–Crippen MR) is 85.8 cm³/mol. The summed E-state index contributed by atoms with van der Waals surface area (Å²) in [6.45, 7) is 4.34. The maximum Gasteiger partial charge on any atom is 0.0312 e. The molecule has 1 aromatic carbocycles. The zero-order valence-electron chi connectivity index (χ0n) is 12.4. The molecule has 0 spiro atoms. The Kier molecular flexibility index (Phi) is 4.98. The smallest absolute Gasteiger partial charge is 0.0312 e. The summed E-state index contributed by atoms with van der Waals surface area (Å²) in [6.07, 6.45) is 6.27. The van der Waals surface area contributed by atoms with Crippen molar-refractivity contribution in [1.29, 1.82) is 0 Å². The van der Waals surface area contributed by atoms with Gasteiger partial charge in [-0.2, -0.15) is 0 Å². The van der Waals surface area contributed by atoms with Gasteiger partial charge < -0.3 is 5.32 Å². The van der Waals surface area contributed by atoms with Crippen molar-refractivity contribution in [3.63, 3.8) is 0 Å². The lowest BCUT2D eigenvalue weighted by molar-refractivity contribution is 0.190. The molecule has 0 bridgehead atoms. The summed E-state index contributed by atoms with van der Waals surface area (Å²) in [5.74, 6) is 0. The molecule has 1 aromatic heterocycles. The van der Waals surface area contributed by atoms with E-state index in [9.17, 15) is 0 Å². The van der Waals surface area contributed by atoms with Crippen molar-refractivity contribution in [1.82, 2.24) is 15.2 Å². The number of nitrogens with zero attached hydrogens (tertiary/aromatic N) is 2. The maximum absolute atomic E-state index is 4.19. The number of aromatic nitrogens is 1. The van der Waals surface area contributed by atoms with Crippen LogP contribution in [0.1, 0.15) is 24.0 Å². The lowest BCUT2D eigenvalue weighted by Crippen LogP contribution is -2.41. The minimum absolute atomic E-state index is 0.648. The van der Waals surface area contributed by atoms with Gasteiger partial charge in [-0.1, -0.05) is 36.4 Å². The van der Waals surface area contributed by atoms with E-state index in [1.807, 2.05) is 18.5 Å². The van der Waals surface area contributed by atoms with Crippen LogP contribution in [0, 0.1) is 0 Å². The van der Waals surface area contributed by atoms with Crippen LogP contribution in [0.25, 0.3) is 0 Å². The Labute approximate surface area is 127 Å². The van der Waals surface area contributed by atoms with Crippen LogP contribution in [0.5, 0.6) is 0 Å². The summed E-state index contributed by atoms with van der Waals surface area (Å²) in [5.41, 5.74) is 2.68. The quantitative estimate of drug-likeness (QED) is 0.913. The first-order chi connectivity index (χ1) is 10.4. The molecule has 0 atom stereocenters. The minimum atomic E-state index is 0.648. The Morgan fingerprint density at radius 1 is 1.00 bits per heavy atom. The van der Waals surface area contributed by atoms with Crippen molar-refractivity contribution in [3.05, 3.63) is 66.0 Å². The van der Waals surface area contributed by atoms with Gasteiger partial charge in [-0.3, -0.25) is 9.88 Å². The van der Waals surface area contributed by atoms with E-state index in [1.165, 1.54) is 37.1 Å². The average Bonchev–Trinajstić information content (AvgIpc) is 2.56. The highest BCUT2D eigenvalue weighted by atomic mass is 15.1. The molecule has 2 heterocycles. The zero-order valence-corrected chi connectivity index (χ0v) is 12.4. The summed E-state index contributed by atoms with van der Waals surface area (Å²) < 4.78 is 0. The number of nitrogens with one attached hydrogen (secondary N) is 1. The van der Waals surface area contributed by atoms with E-state index in [0.717, 1.165) is 13.1 Å². The number of hydrogen-bond donors (Lipinski definition) is 1. The van der Waals surface area contributed by atoms with E-state index in [-0.39, 0.29) is 0 Å². The van der Waals surface area contributed by atoms with Gasteiger partial charge in [0, 0.05) is 31.5 Å². The molecule has 3 heteroatoms. The van der Waals surface area contributed by atoms with Crippen LogP contribution in [0.15, 0.2) is 54.9 Å². The fraction of sp³-hybridized carbons (Fsp3) is 0.389. The van der Waals surface area contributed by atoms with Crippen molar-refractivity contribution in [2.45, 2.75) is 32.0 Å². The lowest BCUT2D eigenvalue weighted by Gasteiger charge is -2.32. The summed E-state index contributed by atoms with van der Waals surface area (Å²) in [4.78, 5) is 6.71. The van der Waals surface area contributed by atoms with Crippen molar-refractivity contribution in [2.24, 2.45) is 0 Å². The highest BCUT2D eigenvalue weighted by Crippen LogP contribution is 2.14. The number of hydrogen-bond acceptors (Lipinski definition) is 3. The van der Waals surface area contributed by atoms with Gasteiger partial charge in [0.1, 0.15) is 0 Å². The summed E-state index contributed by atoms with van der Waals surface area (Å²) >= 11 is 0. The topological polar surface area (TPSA) is 28.2 Å². The predicted octanol–water partition coefficient (Wildman–Crippen LogP) is 2.84. The van der Waals surface area contributed by atoms with Crippen molar-refractivity contribution in [2.75, 3.05) is 13.1 Å². The molecule has 1 fully saturated rings. The van der Waals surface area contributed by atoms with Crippen LogP contribution in [0.4, 0.5) is 0 Å². The third-order valence-electron chi connectivity index (χ3n) is 4.15. The number of likely N-dealkylation sites (tertiary alicyclic amines) is 1. The van der Waals surface area contributed by atoms with Crippen LogP contribution < -0.4 is 5.32 Å². The molecule has 1 saturated heterocycles. The summed E-state index contributed by atoms with van der Waals surface area (Å²) in [7, 11) is 0. The molecule has 0 aliphatic carbocycles. The van der Waals surface area contributed by atoms with Gasteiger partial charge >= 0.3 is 0 Å². The van der Waals surface area contributed by atoms with E-state index in [2.05, 4.69) is 51.6 Å². The van der Waals surface area contributed by atoms with Gasteiger partial charge in [0.05, 0.1) is 0 Å². The lowest BCUT2D eigenvalue weighted by atomic mass is 10.0. The van der Waals surface area contributed by atoms with Gasteiger partial charge in [-0.25, -0.2) is 0 Å². The Balaban J connectivity index is 1.41. The van der Waals surface area contributed by atoms with E-state index < -0.39 is 0 Å². The summed E-state index contributed by atoms with van der Waals surface area (Å²) in [5, 5.41) is 3.68. The molecule has 1 N–H and O–H groups in total. The van der Waals surface area contributed by atoms with Gasteiger partial charge in [0.15, 0.2) is 0 Å². The van der Waals surface area contributed by atoms with Crippen molar-refractivity contribution < 1.29 is 0 Å².